The summed E-state index contributed by atoms with van der Waals surface area (Å²) in [4.78, 5) is 0. The highest BCUT2D eigenvalue weighted by Crippen LogP contribution is 2.63. The standard InChI is InChI=1S/C16H32/c1-11(2)16(9)13(4)12(3)14(5,6)10-15(16,7)8/h11-13H,10H2,1-9H3. The van der Waals surface area contributed by atoms with E-state index in [2.05, 4.69) is 62.3 Å². The fourth-order valence-corrected chi connectivity index (χ4v) is 4.61. The van der Waals surface area contributed by atoms with Crippen LogP contribution in [0.3, 0.4) is 0 Å². The molecular weight excluding hydrogens is 192 g/mol. The Labute approximate surface area is 103 Å². The van der Waals surface area contributed by atoms with Crippen molar-refractivity contribution in [2.75, 3.05) is 0 Å². The van der Waals surface area contributed by atoms with Gasteiger partial charge in [0, 0.05) is 0 Å². The molecular formula is C16H32. The normalized spacial score (nSPS) is 42.4. The lowest BCUT2D eigenvalue weighted by Gasteiger charge is -2.62. The van der Waals surface area contributed by atoms with E-state index in [4.69, 9.17) is 0 Å². The molecule has 3 unspecified atom stereocenters. The predicted molar refractivity (Wildman–Crippen MR) is 73.5 cm³/mol. The van der Waals surface area contributed by atoms with Gasteiger partial charge in [-0.2, -0.15) is 0 Å². The summed E-state index contributed by atoms with van der Waals surface area (Å²) in [6, 6.07) is 0. The summed E-state index contributed by atoms with van der Waals surface area (Å²) < 4.78 is 0. The van der Waals surface area contributed by atoms with Crippen LogP contribution in [-0.2, 0) is 0 Å². The van der Waals surface area contributed by atoms with Crippen LogP contribution in [0.25, 0.3) is 0 Å². The first kappa shape index (κ1) is 14.1. The van der Waals surface area contributed by atoms with Gasteiger partial charge in [0.05, 0.1) is 0 Å². The first-order chi connectivity index (χ1) is 6.97. The fourth-order valence-electron chi connectivity index (χ4n) is 4.61. The first-order valence-corrected chi connectivity index (χ1v) is 6.97. The van der Waals surface area contributed by atoms with E-state index >= 15 is 0 Å². The van der Waals surface area contributed by atoms with Gasteiger partial charge in [0.25, 0.3) is 0 Å². The summed E-state index contributed by atoms with van der Waals surface area (Å²) in [5.74, 6) is 2.37. The lowest BCUT2D eigenvalue weighted by atomic mass is 9.43. The van der Waals surface area contributed by atoms with E-state index in [-0.39, 0.29) is 0 Å². The Morgan fingerprint density at radius 1 is 0.875 bits per heavy atom. The van der Waals surface area contributed by atoms with Gasteiger partial charge in [0.1, 0.15) is 0 Å². The van der Waals surface area contributed by atoms with Crippen molar-refractivity contribution in [1.29, 1.82) is 0 Å². The van der Waals surface area contributed by atoms with Gasteiger partial charge >= 0.3 is 0 Å². The largest absolute Gasteiger partial charge is 0.0622 e. The molecule has 0 aromatic heterocycles. The Hall–Kier alpha value is 0. The number of hydrogen-bond donors (Lipinski definition) is 0. The van der Waals surface area contributed by atoms with Crippen molar-refractivity contribution < 1.29 is 0 Å². The van der Waals surface area contributed by atoms with E-state index < -0.39 is 0 Å². The molecule has 0 bridgehead atoms. The average Bonchev–Trinajstić information content (AvgIpc) is 2.10. The molecule has 1 aliphatic carbocycles. The molecule has 1 aliphatic rings. The van der Waals surface area contributed by atoms with Crippen molar-refractivity contribution in [2.24, 2.45) is 34.0 Å². The number of hydrogen-bond acceptors (Lipinski definition) is 0. The van der Waals surface area contributed by atoms with Crippen LogP contribution in [0.15, 0.2) is 0 Å². The highest BCUT2D eigenvalue weighted by Gasteiger charge is 2.56. The monoisotopic (exact) mass is 224 g/mol. The SMILES string of the molecule is CC1C(C)C(C)(C(C)C)C(C)(C)CC1(C)C. The van der Waals surface area contributed by atoms with Gasteiger partial charge < -0.3 is 0 Å². The van der Waals surface area contributed by atoms with Crippen LogP contribution in [0, 0.1) is 34.0 Å². The second-order valence-electron chi connectivity index (χ2n) is 8.06. The third-order valence-corrected chi connectivity index (χ3v) is 6.48. The van der Waals surface area contributed by atoms with Crippen LogP contribution in [0.5, 0.6) is 0 Å². The highest BCUT2D eigenvalue weighted by atomic mass is 14.6. The summed E-state index contributed by atoms with van der Waals surface area (Å²) >= 11 is 0. The zero-order chi connectivity index (χ0) is 12.9. The van der Waals surface area contributed by atoms with Crippen molar-refractivity contribution >= 4 is 0 Å². The molecule has 3 atom stereocenters. The molecule has 0 nitrogen and oxygen atoms in total. The van der Waals surface area contributed by atoms with Crippen molar-refractivity contribution in [3.8, 4) is 0 Å². The maximum Gasteiger partial charge on any atom is -0.0223 e. The molecule has 96 valence electrons. The zero-order valence-electron chi connectivity index (χ0n) is 12.9. The predicted octanol–water partition coefficient (Wildman–Crippen LogP) is 5.38. The van der Waals surface area contributed by atoms with Gasteiger partial charge in [-0.1, -0.05) is 62.3 Å². The Morgan fingerprint density at radius 2 is 1.31 bits per heavy atom. The molecule has 1 saturated carbocycles. The average molecular weight is 224 g/mol. The Morgan fingerprint density at radius 3 is 1.69 bits per heavy atom. The van der Waals surface area contributed by atoms with E-state index in [9.17, 15) is 0 Å². The second kappa shape index (κ2) is 3.75. The molecule has 0 aromatic carbocycles. The Kier molecular flexibility index (Phi) is 3.30. The molecule has 0 aromatic rings. The van der Waals surface area contributed by atoms with E-state index in [1.807, 2.05) is 0 Å². The van der Waals surface area contributed by atoms with Gasteiger partial charge in [-0.05, 0) is 40.4 Å². The zero-order valence-corrected chi connectivity index (χ0v) is 12.9. The molecule has 1 fully saturated rings. The third-order valence-electron chi connectivity index (χ3n) is 6.48. The van der Waals surface area contributed by atoms with Crippen molar-refractivity contribution in [2.45, 2.75) is 68.7 Å². The van der Waals surface area contributed by atoms with Gasteiger partial charge in [-0.15, -0.1) is 0 Å². The lowest BCUT2D eigenvalue weighted by molar-refractivity contribution is -0.136. The fraction of sp³-hybridized carbons (Fsp3) is 1.00. The molecule has 16 heavy (non-hydrogen) atoms. The van der Waals surface area contributed by atoms with Crippen molar-refractivity contribution in [1.82, 2.24) is 0 Å². The highest BCUT2D eigenvalue weighted by molar-refractivity contribution is 5.05. The molecule has 0 amide bonds. The second-order valence-corrected chi connectivity index (χ2v) is 8.06. The molecule has 0 heterocycles. The first-order valence-electron chi connectivity index (χ1n) is 6.97. The van der Waals surface area contributed by atoms with E-state index in [0.717, 1.165) is 17.8 Å². The van der Waals surface area contributed by atoms with Gasteiger partial charge in [0.2, 0.25) is 0 Å². The number of rotatable bonds is 1. The third kappa shape index (κ3) is 1.73. The van der Waals surface area contributed by atoms with Gasteiger partial charge in [0.15, 0.2) is 0 Å². The summed E-state index contributed by atoms with van der Waals surface area (Å²) in [5.41, 5.74) is 1.38. The molecule has 0 saturated heterocycles. The molecule has 1 rings (SSSR count). The quantitative estimate of drug-likeness (QED) is 0.561. The Bertz CT molecular complexity index is 259. The van der Waals surface area contributed by atoms with E-state index in [1.54, 1.807) is 0 Å². The van der Waals surface area contributed by atoms with Crippen LogP contribution < -0.4 is 0 Å². The van der Waals surface area contributed by atoms with Gasteiger partial charge in [-0.3, -0.25) is 0 Å². The van der Waals surface area contributed by atoms with Crippen LogP contribution in [-0.4, -0.2) is 0 Å². The minimum absolute atomic E-state index is 0.441. The summed E-state index contributed by atoms with van der Waals surface area (Å²) in [5, 5.41) is 0. The van der Waals surface area contributed by atoms with Crippen LogP contribution >= 0.6 is 0 Å². The molecule has 0 aliphatic heterocycles. The summed E-state index contributed by atoms with van der Waals surface area (Å²) in [6.45, 7) is 22.1. The van der Waals surface area contributed by atoms with Gasteiger partial charge in [-0.25, -0.2) is 0 Å². The van der Waals surface area contributed by atoms with E-state index in [0.29, 0.717) is 16.2 Å². The van der Waals surface area contributed by atoms with E-state index in [1.165, 1.54) is 6.42 Å². The summed E-state index contributed by atoms with van der Waals surface area (Å²) in [7, 11) is 0. The minimum atomic E-state index is 0.441. The smallest absolute Gasteiger partial charge is 0.0223 e. The summed E-state index contributed by atoms with van der Waals surface area (Å²) in [6.07, 6.45) is 1.35. The van der Waals surface area contributed by atoms with Crippen LogP contribution in [0.2, 0.25) is 0 Å². The minimum Gasteiger partial charge on any atom is -0.0622 e. The topological polar surface area (TPSA) is 0 Å². The molecule has 0 radical (unpaired) electrons. The Balaban J connectivity index is 3.22. The maximum absolute atomic E-state index is 2.52. The lowest BCUT2D eigenvalue weighted by Crippen LogP contribution is -2.55. The van der Waals surface area contributed by atoms with Crippen LogP contribution in [0.1, 0.15) is 68.7 Å². The maximum atomic E-state index is 2.52. The van der Waals surface area contributed by atoms with Crippen molar-refractivity contribution in [3.63, 3.8) is 0 Å². The molecule has 0 spiro atoms. The molecule has 0 N–H and O–H groups in total. The molecule has 0 heteroatoms. The van der Waals surface area contributed by atoms with Crippen LogP contribution in [0.4, 0.5) is 0 Å². The van der Waals surface area contributed by atoms with Crippen molar-refractivity contribution in [3.05, 3.63) is 0 Å².